The van der Waals surface area contributed by atoms with E-state index < -0.39 is 5.63 Å². The van der Waals surface area contributed by atoms with Crippen LogP contribution in [0.1, 0.15) is 25.7 Å². The topological polar surface area (TPSA) is 64.6 Å². The second-order valence-electron chi connectivity index (χ2n) is 8.14. The third kappa shape index (κ3) is 3.02. The summed E-state index contributed by atoms with van der Waals surface area (Å²) in [6, 6.07) is 18.3. The Labute approximate surface area is 167 Å². The minimum absolute atomic E-state index is 0.216. The van der Waals surface area contributed by atoms with Crippen molar-refractivity contribution in [3.8, 4) is 17.1 Å². The highest BCUT2D eigenvalue weighted by atomic mass is 16.5. The standard InChI is InChI=1S/C24H21NO4/c26-24-20(23-10-14-3-1-2-4-21(14)28-23)9-15-5-8-18(13-22(15)29-24)27-19-11-16-6-7-17(12-19)25-16/h1-5,8-10,13,16-17,19,25H,6-7,11-12H2/t16-,17+,19?. The number of nitrogens with one attached hydrogen (secondary N) is 1. The van der Waals surface area contributed by atoms with Gasteiger partial charge in [0.25, 0.3) is 0 Å². The molecule has 4 heterocycles. The van der Waals surface area contributed by atoms with E-state index in [1.807, 2.05) is 54.6 Å². The normalized spacial score (nSPS) is 23.7. The van der Waals surface area contributed by atoms with Gasteiger partial charge in [-0.2, -0.15) is 0 Å². The fourth-order valence-electron chi connectivity index (χ4n) is 4.74. The van der Waals surface area contributed by atoms with E-state index in [2.05, 4.69) is 5.32 Å². The summed E-state index contributed by atoms with van der Waals surface area (Å²) >= 11 is 0. The fourth-order valence-corrected chi connectivity index (χ4v) is 4.74. The van der Waals surface area contributed by atoms with Crippen molar-refractivity contribution in [2.45, 2.75) is 43.9 Å². The van der Waals surface area contributed by atoms with Crippen molar-refractivity contribution in [3.05, 3.63) is 65.0 Å². The molecule has 0 amide bonds. The molecule has 2 aliphatic heterocycles. The number of piperidine rings is 1. The summed E-state index contributed by atoms with van der Waals surface area (Å²) in [5, 5.41) is 5.43. The summed E-state index contributed by atoms with van der Waals surface area (Å²) in [5.74, 6) is 1.27. The number of ether oxygens (including phenoxy) is 1. The van der Waals surface area contributed by atoms with E-state index in [0.29, 0.717) is 29.0 Å². The molecular formula is C24H21NO4. The third-order valence-electron chi connectivity index (χ3n) is 6.13. The smallest absolute Gasteiger partial charge is 0.347 e. The Morgan fingerprint density at radius 1 is 0.862 bits per heavy atom. The zero-order chi connectivity index (χ0) is 19.4. The molecule has 1 N–H and O–H groups in total. The Kier molecular flexibility index (Phi) is 3.78. The average molecular weight is 387 g/mol. The van der Waals surface area contributed by atoms with Gasteiger partial charge in [0.1, 0.15) is 34.3 Å². The van der Waals surface area contributed by atoms with Gasteiger partial charge in [-0.15, -0.1) is 0 Å². The van der Waals surface area contributed by atoms with Gasteiger partial charge in [0.2, 0.25) is 0 Å². The number of para-hydroxylation sites is 1. The number of rotatable bonds is 3. The predicted molar refractivity (Wildman–Crippen MR) is 111 cm³/mol. The number of furan rings is 1. The fraction of sp³-hybridized carbons (Fsp3) is 0.292. The van der Waals surface area contributed by atoms with Crippen LogP contribution in [0.25, 0.3) is 33.3 Å². The highest BCUT2D eigenvalue weighted by Gasteiger charge is 2.34. The van der Waals surface area contributed by atoms with Gasteiger partial charge in [0, 0.05) is 28.9 Å². The lowest BCUT2D eigenvalue weighted by molar-refractivity contribution is 0.137. The van der Waals surface area contributed by atoms with Gasteiger partial charge in [-0.1, -0.05) is 18.2 Å². The number of hydrogen-bond donors (Lipinski definition) is 1. The minimum atomic E-state index is -0.409. The van der Waals surface area contributed by atoms with Gasteiger partial charge in [-0.3, -0.25) is 0 Å². The zero-order valence-corrected chi connectivity index (χ0v) is 15.9. The molecule has 1 unspecified atom stereocenters. The lowest BCUT2D eigenvalue weighted by atomic mass is 10.0. The van der Waals surface area contributed by atoms with Crippen molar-refractivity contribution in [2.75, 3.05) is 0 Å². The first-order chi connectivity index (χ1) is 14.2. The third-order valence-corrected chi connectivity index (χ3v) is 6.13. The van der Waals surface area contributed by atoms with E-state index in [-0.39, 0.29) is 6.10 Å². The Morgan fingerprint density at radius 3 is 2.48 bits per heavy atom. The van der Waals surface area contributed by atoms with E-state index >= 15 is 0 Å². The molecule has 2 aliphatic rings. The Balaban J connectivity index is 1.32. The number of hydrogen-bond acceptors (Lipinski definition) is 5. The van der Waals surface area contributed by atoms with Crippen LogP contribution in [0.15, 0.2) is 68.2 Å². The Morgan fingerprint density at radius 2 is 1.66 bits per heavy atom. The molecule has 5 nitrogen and oxygen atoms in total. The molecule has 0 saturated carbocycles. The summed E-state index contributed by atoms with van der Waals surface area (Å²) in [6.45, 7) is 0. The second kappa shape index (κ2) is 6.49. The van der Waals surface area contributed by atoms with Gasteiger partial charge >= 0.3 is 5.63 Å². The van der Waals surface area contributed by atoms with E-state index in [0.717, 1.165) is 34.9 Å². The molecule has 146 valence electrons. The van der Waals surface area contributed by atoms with Crippen LogP contribution in [0.2, 0.25) is 0 Å². The monoisotopic (exact) mass is 387 g/mol. The second-order valence-corrected chi connectivity index (χ2v) is 8.14. The molecule has 0 aliphatic carbocycles. The number of benzene rings is 2. The highest BCUT2D eigenvalue weighted by molar-refractivity contribution is 5.86. The molecule has 2 fully saturated rings. The van der Waals surface area contributed by atoms with Crippen molar-refractivity contribution in [1.29, 1.82) is 0 Å². The van der Waals surface area contributed by atoms with Crippen molar-refractivity contribution in [3.63, 3.8) is 0 Å². The maximum absolute atomic E-state index is 12.6. The van der Waals surface area contributed by atoms with E-state index in [1.165, 1.54) is 12.8 Å². The molecule has 2 aromatic heterocycles. The quantitative estimate of drug-likeness (QED) is 0.508. The summed E-state index contributed by atoms with van der Waals surface area (Å²) in [7, 11) is 0. The van der Waals surface area contributed by atoms with Crippen LogP contribution in [-0.2, 0) is 0 Å². The van der Waals surface area contributed by atoms with Crippen LogP contribution in [0.5, 0.6) is 5.75 Å². The van der Waals surface area contributed by atoms with Crippen LogP contribution < -0.4 is 15.7 Å². The van der Waals surface area contributed by atoms with E-state index in [1.54, 1.807) is 0 Å². The summed E-state index contributed by atoms with van der Waals surface area (Å²) < 4.78 is 17.7. The average Bonchev–Trinajstić information content (AvgIpc) is 3.30. The first-order valence-corrected chi connectivity index (χ1v) is 10.2. The largest absolute Gasteiger partial charge is 0.490 e. The molecular weight excluding hydrogens is 366 g/mol. The molecule has 5 heteroatoms. The van der Waals surface area contributed by atoms with Gasteiger partial charge in [0.15, 0.2) is 0 Å². The van der Waals surface area contributed by atoms with Gasteiger partial charge in [-0.25, -0.2) is 4.79 Å². The van der Waals surface area contributed by atoms with Crippen molar-refractivity contribution >= 4 is 21.9 Å². The molecule has 3 atom stereocenters. The van der Waals surface area contributed by atoms with Crippen LogP contribution in [0, 0.1) is 0 Å². The first-order valence-electron chi connectivity index (χ1n) is 10.2. The van der Waals surface area contributed by atoms with Crippen LogP contribution >= 0.6 is 0 Å². The summed E-state index contributed by atoms with van der Waals surface area (Å²) in [4.78, 5) is 12.6. The number of fused-ring (bicyclic) bond motifs is 4. The molecule has 0 radical (unpaired) electrons. The van der Waals surface area contributed by atoms with Crippen molar-refractivity contribution < 1.29 is 13.6 Å². The predicted octanol–water partition coefficient (Wildman–Crippen LogP) is 4.87. The maximum Gasteiger partial charge on any atom is 0.347 e. The van der Waals surface area contributed by atoms with Crippen LogP contribution in [-0.4, -0.2) is 18.2 Å². The van der Waals surface area contributed by atoms with Crippen LogP contribution in [0.4, 0.5) is 0 Å². The molecule has 4 aromatic rings. The summed E-state index contributed by atoms with van der Waals surface area (Å²) in [5.41, 5.74) is 1.30. The van der Waals surface area contributed by atoms with Crippen molar-refractivity contribution in [2.24, 2.45) is 0 Å². The van der Waals surface area contributed by atoms with Crippen molar-refractivity contribution in [1.82, 2.24) is 5.32 Å². The SMILES string of the molecule is O=c1oc2cc(OC3C[C@H]4CC[C@@H](C3)N4)ccc2cc1-c1cc2ccccc2o1. The zero-order valence-electron chi connectivity index (χ0n) is 15.9. The van der Waals surface area contributed by atoms with E-state index in [9.17, 15) is 4.79 Å². The van der Waals surface area contributed by atoms with Gasteiger partial charge in [0.05, 0.1) is 0 Å². The van der Waals surface area contributed by atoms with E-state index in [4.69, 9.17) is 13.6 Å². The lowest BCUT2D eigenvalue weighted by Crippen LogP contribution is -2.42. The molecule has 2 bridgehead atoms. The highest BCUT2D eigenvalue weighted by Crippen LogP contribution is 2.32. The lowest BCUT2D eigenvalue weighted by Gasteiger charge is -2.29. The van der Waals surface area contributed by atoms with Gasteiger partial charge in [-0.05, 0) is 56.0 Å². The molecule has 2 aromatic carbocycles. The first kappa shape index (κ1) is 16.9. The minimum Gasteiger partial charge on any atom is -0.490 e. The van der Waals surface area contributed by atoms with Gasteiger partial charge < -0.3 is 18.9 Å². The summed E-state index contributed by atoms with van der Waals surface area (Å²) in [6.07, 6.45) is 4.75. The molecule has 2 saturated heterocycles. The molecule has 6 rings (SSSR count). The maximum atomic E-state index is 12.6. The van der Waals surface area contributed by atoms with Crippen LogP contribution in [0.3, 0.4) is 0 Å². The Bertz CT molecular complexity index is 1230. The molecule has 29 heavy (non-hydrogen) atoms. The Hall–Kier alpha value is -3.05. The molecule has 0 spiro atoms.